The van der Waals surface area contributed by atoms with Crippen LogP contribution in [-0.2, 0) is 4.79 Å². The van der Waals surface area contributed by atoms with Crippen molar-refractivity contribution in [2.45, 2.75) is 19.3 Å². The molecule has 0 spiro atoms. The van der Waals surface area contributed by atoms with Crippen molar-refractivity contribution in [3.05, 3.63) is 40.9 Å². The SMILES string of the molecule is CNC(=O)c1ccc(Cl)cc1NC(=O)C1CC=CCC1. The highest BCUT2D eigenvalue weighted by molar-refractivity contribution is 6.31. The number of amides is 2. The zero-order chi connectivity index (χ0) is 14.5. The minimum Gasteiger partial charge on any atom is -0.355 e. The molecule has 5 heteroatoms. The molecule has 20 heavy (non-hydrogen) atoms. The van der Waals surface area contributed by atoms with E-state index < -0.39 is 0 Å². The Bertz CT molecular complexity index is 555. The lowest BCUT2D eigenvalue weighted by atomic mass is 9.93. The van der Waals surface area contributed by atoms with Crippen molar-refractivity contribution < 1.29 is 9.59 Å². The molecule has 2 N–H and O–H groups in total. The summed E-state index contributed by atoms with van der Waals surface area (Å²) in [5, 5.41) is 5.85. The first-order valence-electron chi connectivity index (χ1n) is 6.59. The van der Waals surface area contributed by atoms with E-state index >= 15 is 0 Å². The van der Waals surface area contributed by atoms with Gasteiger partial charge in [-0.05, 0) is 37.5 Å². The first kappa shape index (κ1) is 14.6. The van der Waals surface area contributed by atoms with Crippen molar-refractivity contribution in [3.63, 3.8) is 0 Å². The van der Waals surface area contributed by atoms with Crippen molar-refractivity contribution in [3.8, 4) is 0 Å². The van der Waals surface area contributed by atoms with Crippen LogP contribution in [0, 0.1) is 5.92 Å². The summed E-state index contributed by atoms with van der Waals surface area (Å²) in [5.41, 5.74) is 0.869. The van der Waals surface area contributed by atoms with Crippen LogP contribution in [0.4, 0.5) is 5.69 Å². The van der Waals surface area contributed by atoms with Gasteiger partial charge >= 0.3 is 0 Å². The molecule has 4 nitrogen and oxygen atoms in total. The van der Waals surface area contributed by atoms with Gasteiger partial charge in [-0.1, -0.05) is 23.8 Å². The Morgan fingerprint density at radius 3 is 2.75 bits per heavy atom. The molecule has 0 bridgehead atoms. The van der Waals surface area contributed by atoms with Gasteiger partial charge in [-0.25, -0.2) is 0 Å². The maximum atomic E-state index is 12.2. The standard InChI is InChI=1S/C15H17ClN2O2/c1-17-15(20)12-8-7-11(16)9-13(12)18-14(19)10-5-3-2-4-6-10/h2-3,7-10H,4-6H2,1H3,(H,17,20)(H,18,19). The second kappa shape index (κ2) is 6.57. The summed E-state index contributed by atoms with van der Waals surface area (Å²) in [6.07, 6.45) is 6.58. The number of benzene rings is 1. The largest absolute Gasteiger partial charge is 0.355 e. The smallest absolute Gasteiger partial charge is 0.253 e. The maximum Gasteiger partial charge on any atom is 0.253 e. The highest BCUT2D eigenvalue weighted by Crippen LogP contribution is 2.24. The number of carbonyl (C=O) groups excluding carboxylic acids is 2. The third-order valence-electron chi connectivity index (χ3n) is 3.35. The molecule has 0 aliphatic heterocycles. The molecule has 0 radical (unpaired) electrons. The van der Waals surface area contributed by atoms with Crippen LogP contribution in [0.25, 0.3) is 0 Å². The third-order valence-corrected chi connectivity index (χ3v) is 3.59. The Kier molecular flexibility index (Phi) is 4.79. The van der Waals surface area contributed by atoms with Gasteiger partial charge in [0, 0.05) is 18.0 Å². The maximum absolute atomic E-state index is 12.2. The Morgan fingerprint density at radius 2 is 2.10 bits per heavy atom. The van der Waals surface area contributed by atoms with Gasteiger partial charge in [0.25, 0.3) is 5.91 Å². The summed E-state index contributed by atoms with van der Waals surface area (Å²) in [4.78, 5) is 24.0. The van der Waals surface area contributed by atoms with Gasteiger partial charge in [0.2, 0.25) is 5.91 Å². The molecule has 0 saturated carbocycles. The second-order valence-corrected chi connectivity index (χ2v) is 5.18. The van der Waals surface area contributed by atoms with E-state index in [1.807, 2.05) is 6.08 Å². The van der Waals surface area contributed by atoms with E-state index in [2.05, 4.69) is 16.7 Å². The number of halogens is 1. The van der Waals surface area contributed by atoms with Gasteiger partial charge in [-0.2, -0.15) is 0 Å². The minimum atomic E-state index is -0.250. The number of anilines is 1. The summed E-state index contributed by atoms with van der Waals surface area (Å²) in [6.45, 7) is 0. The Balaban J connectivity index is 2.19. The molecular weight excluding hydrogens is 276 g/mol. The van der Waals surface area contributed by atoms with E-state index in [0.29, 0.717) is 16.3 Å². The Morgan fingerprint density at radius 1 is 1.30 bits per heavy atom. The van der Waals surface area contributed by atoms with Crippen molar-refractivity contribution >= 4 is 29.1 Å². The lowest BCUT2D eigenvalue weighted by molar-refractivity contribution is -0.120. The lowest BCUT2D eigenvalue weighted by Crippen LogP contribution is -2.26. The molecule has 1 unspecified atom stereocenters. The monoisotopic (exact) mass is 292 g/mol. The Hall–Kier alpha value is -1.81. The highest BCUT2D eigenvalue weighted by Gasteiger charge is 2.20. The molecule has 0 aromatic heterocycles. The van der Waals surface area contributed by atoms with Crippen LogP contribution < -0.4 is 10.6 Å². The first-order valence-corrected chi connectivity index (χ1v) is 6.97. The van der Waals surface area contributed by atoms with Gasteiger partial charge in [0.05, 0.1) is 11.3 Å². The zero-order valence-corrected chi connectivity index (χ0v) is 12.0. The topological polar surface area (TPSA) is 58.2 Å². The molecule has 1 atom stereocenters. The van der Waals surface area contributed by atoms with Crippen LogP contribution in [-0.4, -0.2) is 18.9 Å². The highest BCUT2D eigenvalue weighted by atomic mass is 35.5. The second-order valence-electron chi connectivity index (χ2n) is 4.74. The van der Waals surface area contributed by atoms with Crippen LogP contribution in [0.3, 0.4) is 0 Å². The van der Waals surface area contributed by atoms with E-state index in [-0.39, 0.29) is 17.7 Å². The molecule has 1 aromatic rings. The van der Waals surface area contributed by atoms with Gasteiger partial charge in [0.15, 0.2) is 0 Å². The third kappa shape index (κ3) is 3.39. The van der Waals surface area contributed by atoms with E-state index in [4.69, 9.17) is 11.6 Å². The molecule has 106 valence electrons. The van der Waals surface area contributed by atoms with Gasteiger partial charge in [-0.3, -0.25) is 9.59 Å². The summed E-state index contributed by atoms with van der Waals surface area (Å²) >= 11 is 5.94. The van der Waals surface area contributed by atoms with Crippen LogP contribution in [0.2, 0.25) is 5.02 Å². The first-order chi connectivity index (χ1) is 9.61. The predicted molar refractivity (Wildman–Crippen MR) is 80.0 cm³/mol. The average molecular weight is 293 g/mol. The van der Waals surface area contributed by atoms with E-state index in [1.54, 1.807) is 25.2 Å². The summed E-state index contributed by atoms with van der Waals surface area (Å²) in [5.74, 6) is -0.362. The van der Waals surface area contributed by atoms with Crippen molar-refractivity contribution in [2.24, 2.45) is 5.92 Å². The molecule has 2 amide bonds. The molecular formula is C15H17ClN2O2. The number of rotatable bonds is 3. The van der Waals surface area contributed by atoms with Crippen LogP contribution in [0.5, 0.6) is 0 Å². The molecule has 1 aromatic carbocycles. The molecule has 0 heterocycles. The van der Waals surface area contributed by atoms with Crippen molar-refractivity contribution in [1.82, 2.24) is 5.32 Å². The van der Waals surface area contributed by atoms with Gasteiger partial charge in [0.1, 0.15) is 0 Å². The molecule has 2 rings (SSSR count). The summed E-state index contributed by atoms with van der Waals surface area (Å²) < 4.78 is 0. The molecule has 0 saturated heterocycles. The zero-order valence-electron chi connectivity index (χ0n) is 11.3. The Labute approximate surface area is 123 Å². The van der Waals surface area contributed by atoms with Crippen LogP contribution in [0.15, 0.2) is 30.4 Å². The van der Waals surface area contributed by atoms with Crippen LogP contribution >= 0.6 is 11.6 Å². The van der Waals surface area contributed by atoms with Gasteiger partial charge < -0.3 is 10.6 Å². The quantitative estimate of drug-likeness (QED) is 0.842. The lowest BCUT2D eigenvalue weighted by Gasteiger charge is -2.18. The normalized spacial score (nSPS) is 17.6. The summed E-state index contributed by atoms with van der Waals surface area (Å²) in [6, 6.07) is 4.84. The fourth-order valence-electron chi connectivity index (χ4n) is 2.22. The van der Waals surface area contributed by atoms with Gasteiger partial charge in [-0.15, -0.1) is 0 Å². The number of hydrogen-bond donors (Lipinski definition) is 2. The van der Waals surface area contributed by atoms with Crippen molar-refractivity contribution in [2.75, 3.05) is 12.4 Å². The van der Waals surface area contributed by atoms with E-state index in [1.165, 1.54) is 0 Å². The number of hydrogen-bond acceptors (Lipinski definition) is 2. The number of allylic oxidation sites excluding steroid dienone is 2. The minimum absolute atomic E-state index is 0.0449. The van der Waals surface area contributed by atoms with Crippen molar-refractivity contribution in [1.29, 1.82) is 0 Å². The molecule has 0 fully saturated rings. The molecule has 1 aliphatic carbocycles. The molecule has 1 aliphatic rings. The van der Waals surface area contributed by atoms with E-state index in [9.17, 15) is 9.59 Å². The fourth-order valence-corrected chi connectivity index (χ4v) is 2.39. The average Bonchev–Trinajstić information content (AvgIpc) is 2.47. The van der Waals surface area contributed by atoms with E-state index in [0.717, 1.165) is 19.3 Å². The van der Waals surface area contributed by atoms with Crippen LogP contribution in [0.1, 0.15) is 29.6 Å². The number of nitrogens with one attached hydrogen (secondary N) is 2. The number of carbonyl (C=O) groups is 2. The predicted octanol–water partition coefficient (Wildman–Crippen LogP) is 2.99. The summed E-state index contributed by atoms with van der Waals surface area (Å²) in [7, 11) is 1.55. The fraction of sp³-hybridized carbons (Fsp3) is 0.333.